The van der Waals surface area contributed by atoms with E-state index in [1.807, 2.05) is 6.92 Å². The van der Waals surface area contributed by atoms with Crippen LogP contribution in [-0.4, -0.2) is 51.0 Å². The van der Waals surface area contributed by atoms with Crippen molar-refractivity contribution < 1.29 is 27.4 Å². The van der Waals surface area contributed by atoms with E-state index in [2.05, 4.69) is 5.92 Å². The normalized spacial score (nSPS) is 12.9. The maximum atomic E-state index is 13.0. The molecule has 0 heterocycles. The summed E-state index contributed by atoms with van der Waals surface area (Å²) in [6, 6.07) is 6.12. The molecule has 0 saturated heterocycles. The largest absolute Gasteiger partial charge is 0.443 e. The molecule has 0 aliphatic carbocycles. The highest BCUT2D eigenvalue weighted by Gasteiger charge is 2.34. The first-order valence-corrected chi connectivity index (χ1v) is 9.34. The Hall–Kier alpha value is -2.08. The van der Waals surface area contributed by atoms with Gasteiger partial charge in [0.2, 0.25) is 0 Å². The highest BCUT2D eigenvalue weighted by Crippen LogP contribution is 2.20. The third kappa shape index (κ3) is 6.33. The number of carbonyl (C=O) groups is 1. The van der Waals surface area contributed by atoms with E-state index in [1.54, 1.807) is 32.9 Å². The Morgan fingerprint density at radius 3 is 2.31 bits per heavy atom. The zero-order valence-corrected chi connectivity index (χ0v) is 16.5. The van der Waals surface area contributed by atoms with Crippen molar-refractivity contribution in [3.05, 3.63) is 29.8 Å². The minimum absolute atomic E-state index is 0.0449. The quantitative estimate of drug-likeness (QED) is 0.532. The molecule has 144 valence electrons. The number of sulfonamides is 1. The Balaban J connectivity index is 3.23. The molecule has 1 atom stereocenters. The van der Waals surface area contributed by atoms with Crippen molar-refractivity contribution in [3.8, 4) is 12.3 Å². The monoisotopic (exact) mass is 383 g/mol. The van der Waals surface area contributed by atoms with E-state index in [0.717, 1.165) is 5.56 Å². The van der Waals surface area contributed by atoms with Gasteiger partial charge in [-0.1, -0.05) is 23.6 Å². The number of hydrogen-bond acceptors (Lipinski definition) is 6. The molecule has 0 fully saturated rings. The molecule has 0 unspecified atom stereocenters. The smallest absolute Gasteiger partial charge is 0.424 e. The van der Waals surface area contributed by atoms with Crippen LogP contribution in [0.2, 0.25) is 0 Å². The number of amides is 1. The fraction of sp³-hybridized carbons (Fsp3) is 0.500. The SMILES string of the molecule is C#C[C@@H](CN(C(=O)OC(C)(C)C)S(=O)(=O)c1ccc(C)cc1)OCOC. The Kier molecular flexibility index (Phi) is 7.63. The average molecular weight is 383 g/mol. The molecular weight excluding hydrogens is 358 g/mol. The summed E-state index contributed by atoms with van der Waals surface area (Å²) in [7, 11) is -2.77. The molecule has 26 heavy (non-hydrogen) atoms. The number of hydrogen-bond donors (Lipinski definition) is 0. The molecule has 0 spiro atoms. The van der Waals surface area contributed by atoms with E-state index in [-0.39, 0.29) is 11.7 Å². The van der Waals surface area contributed by atoms with E-state index < -0.39 is 34.4 Å². The molecule has 0 aromatic heterocycles. The highest BCUT2D eigenvalue weighted by molar-refractivity contribution is 7.89. The van der Waals surface area contributed by atoms with Crippen LogP contribution in [0.4, 0.5) is 4.79 Å². The van der Waals surface area contributed by atoms with Crippen LogP contribution < -0.4 is 0 Å². The molecule has 0 aliphatic rings. The van der Waals surface area contributed by atoms with E-state index in [0.29, 0.717) is 4.31 Å². The molecule has 1 aromatic rings. The van der Waals surface area contributed by atoms with Crippen molar-refractivity contribution in [2.24, 2.45) is 0 Å². The van der Waals surface area contributed by atoms with Gasteiger partial charge >= 0.3 is 6.09 Å². The number of aryl methyl sites for hydroxylation is 1. The second kappa shape index (κ2) is 9.03. The van der Waals surface area contributed by atoms with Gasteiger partial charge in [0.05, 0.1) is 11.4 Å². The summed E-state index contributed by atoms with van der Waals surface area (Å²) < 4.78 is 41.8. The lowest BCUT2D eigenvalue weighted by molar-refractivity contribution is -0.0567. The number of methoxy groups -OCH3 is 1. The minimum Gasteiger partial charge on any atom is -0.443 e. The summed E-state index contributed by atoms with van der Waals surface area (Å²) in [5.74, 6) is 2.30. The van der Waals surface area contributed by atoms with Gasteiger partial charge in [0.15, 0.2) is 0 Å². The van der Waals surface area contributed by atoms with Gasteiger partial charge in [-0.3, -0.25) is 0 Å². The maximum absolute atomic E-state index is 13.0. The highest BCUT2D eigenvalue weighted by atomic mass is 32.2. The molecule has 8 heteroatoms. The average Bonchev–Trinajstić information content (AvgIpc) is 2.53. The summed E-state index contributed by atoms with van der Waals surface area (Å²) in [6.45, 7) is 6.21. The molecule has 1 amide bonds. The third-order valence-electron chi connectivity index (χ3n) is 3.11. The van der Waals surface area contributed by atoms with Crippen LogP contribution in [0.25, 0.3) is 0 Å². The second-order valence-corrected chi connectivity index (χ2v) is 8.42. The first-order valence-electron chi connectivity index (χ1n) is 7.90. The summed E-state index contributed by atoms with van der Waals surface area (Å²) in [5, 5.41) is 0. The molecule has 0 radical (unpaired) electrons. The van der Waals surface area contributed by atoms with E-state index >= 15 is 0 Å². The molecule has 0 N–H and O–H groups in total. The minimum atomic E-state index is -4.18. The lowest BCUT2D eigenvalue weighted by Crippen LogP contribution is -2.45. The molecular formula is C18H25NO6S. The van der Waals surface area contributed by atoms with Gasteiger partial charge in [-0.05, 0) is 39.8 Å². The Morgan fingerprint density at radius 1 is 1.27 bits per heavy atom. The van der Waals surface area contributed by atoms with Gasteiger partial charge in [0.25, 0.3) is 10.0 Å². The number of terminal acetylenes is 1. The standard InChI is InChI=1S/C18H25NO6S/c1-7-15(24-13-23-6)12-19(17(20)25-18(3,4)5)26(21,22)16-10-8-14(2)9-11-16/h1,8-11,15H,12-13H2,2-6H3/t15-/m0/s1. The van der Waals surface area contributed by atoms with Crippen molar-refractivity contribution in [3.63, 3.8) is 0 Å². The lowest BCUT2D eigenvalue weighted by Gasteiger charge is -2.28. The third-order valence-corrected chi connectivity index (χ3v) is 4.86. The molecule has 0 aliphatic heterocycles. The first-order chi connectivity index (χ1) is 12.0. The van der Waals surface area contributed by atoms with Gasteiger partial charge in [0, 0.05) is 7.11 Å². The molecule has 7 nitrogen and oxygen atoms in total. The van der Waals surface area contributed by atoms with Gasteiger partial charge in [-0.15, -0.1) is 6.42 Å². The molecule has 0 bridgehead atoms. The number of rotatable bonds is 7. The Bertz CT molecular complexity index is 743. The maximum Gasteiger partial charge on any atom is 0.424 e. The topological polar surface area (TPSA) is 82.1 Å². The van der Waals surface area contributed by atoms with Gasteiger partial charge in [-0.2, -0.15) is 4.31 Å². The zero-order valence-electron chi connectivity index (χ0n) is 15.7. The van der Waals surface area contributed by atoms with Crippen LogP contribution in [-0.2, 0) is 24.2 Å². The summed E-state index contributed by atoms with van der Waals surface area (Å²) >= 11 is 0. The predicted octanol–water partition coefficient (Wildman–Crippen LogP) is 2.54. The van der Waals surface area contributed by atoms with Crippen LogP contribution >= 0.6 is 0 Å². The Labute approximate surface area is 155 Å². The van der Waals surface area contributed by atoms with Gasteiger partial charge in [-0.25, -0.2) is 13.2 Å². The van der Waals surface area contributed by atoms with E-state index in [4.69, 9.17) is 20.6 Å². The summed E-state index contributed by atoms with van der Waals surface area (Å²) in [5.41, 5.74) is 0.00894. The van der Waals surface area contributed by atoms with Crippen molar-refractivity contribution in [2.75, 3.05) is 20.4 Å². The lowest BCUT2D eigenvalue weighted by atomic mass is 10.2. The van der Waals surface area contributed by atoms with Crippen molar-refractivity contribution >= 4 is 16.1 Å². The van der Waals surface area contributed by atoms with Crippen LogP contribution in [0.3, 0.4) is 0 Å². The number of ether oxygens (including phenoxy) is 3. The Morgan fingerprint density at radius 2 is 1.85 bits per heavy atom. The van der Waals surface area contributed by atoms with E-state index in [1.165, 1.54) is 19.2 Å². The second-order valence-electron chi connectivity index (χ2n) is 6.56. The molecule has 1 rings (SSSR count). The fourth-order valence-corrected chi connectivity index (χ4v) is 3.18. The van der Waals surface area contributed by atoms with Crippen LogP contribution in [0.1, 0.15) is 26.3 Å². The summed E-state index contributed by atoms with van der Waals surface area (Å²) in [6.07, 6.45) is 3.37. The van der Waals surface area contributed by atoms with Crippen molar-refractivity contribution in [2.45, 2.75) is 44.3 Å². The zero-order chi connectivity index (χ0) is 20.0. The molecule has 0 saturated carbocycles. The number of carbonyl (C=O) groups excluding carboxylic acids is 1. The van der Waals surface area contributed by atoms with Crippen molar-refractivity contribution in [1.82, 2.24) is 4.31 Å². The van der Waals surface area contributed by atoms with E-state index in [9.17, 15) is 13.2 Å². The van der Waals surface area contributed by atoms with Crippen LogP contribution in [0, 0.1) is 19.3 Å². The van der Waals surface area contributed by atoms with Crippen LogP contribution in [0.15, 0.2) is 29.2 Å². The fourth-order valence-electron chi connectivity index (χ4n) is 1.88. The number of nitrogens with zero attached hydrogens (tertiary/aromatic N) is 1. The number of benzene rings is 1. The van der Waals surface area contributed by atoms with Crippen LogP contribution in [0.5, 0.6) is 0 Å². The van der Waals surface area contributed by atoms with Crippen molar-refractivity contribution in [1.29, 1.82) is 0 Å². The first kappa shape index (κ1) is 22.0. The van der Waals surface area contributed by atoms with Gasteiger partial charge < -0.3 is 14.2 Å². The summed E-state index contributed by atoms with van der Waals surface area (Å²) in [4.78, 5) is 12.5. The molecule has 1 aromatic carbocycles. The van der Waals surface area contributed by atoms with Gasteiger partial charge in [0.1, 0.15) is 18.5 Å². The predicted molar refractivity (Wildman–Crippen MR) is 96.9 cm³/mol.